The molecule has 118 valence electrons. The molecular weight excluding hydrogens is 330 g/mol. The van der Waals surface area contributed by atoms with Crippen molar-refractivity contribution >= 4 is 21.6 Å². The summed E-state index contributed by atoms with van der Waals surface area (Å²) in [5.41, 5.74) is 0.765. The lowest BCUT2D eigenvalue weighted by Gasteiger charge is -2.35. The Morgan fingerprint density at radius 1 is 1.29 bits per heavy atom. The van der Waals surface area contributed by atoms with Gasteiger partial charge in [-0.1, -0.05) is 26.7 Å². The highest BCUT2D eigenvalue weighted by molar-refractivity contribution is 9.10. The maximum atomic E-state index is 12.3. The number of nitrogens with one attached hydrogen (secondary N) is 1. The van der Waals surface area contributed by atoms with Crippen molar-refractivity contribution in [1.29, 1.82) is 0 Å². The predicted octanol–water partition coefficient (Wildman–Crippen LogP) is 4.21. The Hall–Kier alpha value is -0.840. The van der Waals surface area contributed by atoms with E-state index in [0.29, 0.717) is 22.4 Å². The molecule has 1 aromatic rings. The molecule has 0 aliphatic heterocycles. The Labute approximate surface area is 135 Å². The van der Waals surface area contributed by atoms with Crippen molar-refractivity contribution in [2.45, 2.75) is 65.5 Å². The molecule has 0 amide bonds. The first-order valence-electron chi connectivity index (χ1n) is 7.95. The first-order valence-corrected chi connectivity index (χ1v) is 8.75. The van der Waals surface area contributed by atoms with Crippen LogP contribution in [0.4, 0.5) is 5.69 Å². The first kappa shape index (κ1) is 16.5. The van der Waals surface area contributed by atoms with Gasteiger partial charge in [-0.05, 0) is 54.5 Å². The molecule has 1 aliphatic carbocycles. The summed E-state index contributed by atoms with van der Waals surface area (Å²) < 4.78 is 2.11. The minimum absolute atomic E-state index is 0.0630. The van der Waals surface area contributed by atoms with Crippen LogP contribution in [0.15, 0.2) is 15.5 Å². The molecular formula is C16H26BrN3O. The zero-order valence-electron chi connectivity index (χ0n) is 13.4. The highest BCUT2D eigenvalue weighted by Gasteiger charge is 2.28. The van der Waals surface area contributed by atoms with Gasteiger partial charge in [-0.25, -0.2) is 4.68 Å². The normalized spacial score (nSPS) is 22.8. The summed E-state index contributed by atoms with van der Waals surface area (Å²) in [6.45, 7) is 8.50. The maximum Gasteiger partial charge on any atom is 0.283 e. The fraction of sp³-hybridized carbons (Fsp3) is 0.750. The number of anilines is 1. The lowest BCUT2D eigenvalue weighted by molar-refractivity contribution is 0.253. The first-order chi connectivity index (χ1) is 9.91. The molecule has 0 radical (unpaired) electrons. The smallest absolute Gasteiger partial charge is 0.283 e. The highest BCUT2D eigenvalue weighted by Crippen LogP contribution is 2.33. The fourth-order valence-corrected chi connectivity index (χ4v) is 3.65. The van der Waals surface area contributed by atoms with Crippen LogP contribution in [0.2, 0.25) is 0 Å². The van der Waals surface area contributed by atoms with Gasteiger partial charge in [0.2, 0.25) is 0 Å². The molecule has 1 aromatic heterocycles. The molecule has 0 spiro atoms. The van der Waals surface area contributed by atoms with Crippen LogP contribution in [0.5, 0.6) is 0 Å². The lowest BCUT2D eigenvalue weighted by atomic mass is 9.78. The molecule has 1 heterocycles. The molecule has 1 N–H and O–H groups in total. The lowest BCUT2D eigenvalue weighted by Crippen LogP contribution is -2.36. The SMILES string of the molecule is CC(C)C1CCCCC1Nc1cnn(C(C)C)c(=O)c1Br. The van der Waals surface area contributed by atoms with Crippen molar-refractivity contribution < 1.29 is 0 Å². The van der Waals surface area contributed by atoms with E-state index in [0.717, 1.165) is 5.69 Å². The van der Waals surface area contributed by atoms with Crippen LogP contribution >= 0.6 is 15.9 Å². The van der Waals surface area contributed by atoms with Crippen molar-refractivity contribution in [1.82, 2.24) is 9.78 Å². The zero-order chi connectivity index (χ0) is 15.6. The van der Waals surface area contributed by atoms with Crippen molar-refractivity contribution in [3.05, 3.63) is 21.0 Å². The van der Waals surface area contributed by atoms with Gasteiger partial charge in [0.25, 0.3) is 5.56 Å². The number of halogens is 1. The second kappa shape index (κ2) is 6.95. The van der Waals surface area contributed by atoms with Crippen LogP contribution in [0.3, 0.4) is 0 Å². The van der Waals surface area contributed by atoms with Gasteiger partial charge in [-0.3, -0.25) is 4.79 Å². The molecule has 21 heavy (non-hydrogen) atoms. The van der Waals surface area contributed by atoms with E-state index in [1.54, 1.807) is 6.20 Å². The molecule has 1 aliphatic rings. The minimum atomic E-state index is -0.0630. The van der Waals surface area contributed by atoms with Gasteiger partial charge in [-0.15, -0.1) is 0 Å². The molecule has 1 saturated carbocycles. The van der Waals surface area contributed by atoms with E-state index >= 15 is 0 Å². The number of hydrogen-bond donors (Lipinski definition) is 1. The standard InChI is InChI=1S/C16H26BrN3O/c1-10(2)12-7-5-6-8-13(12)19-14-9-18-20(11(3)4)16(21)15(14)17/h9-13,19H,5-8H2,1-4H3. The van der Waals surface area contributed by atoms with E-state index in [4.69, 9.17) is 0 Å². The van der Waals surface area contributed by atoms with E-state index in [-0.39, 0.29) is 11.6 Å². The zero-order valence-corrected chi connectivity index (χ0v) is 15.0. The third-order valence-electron chi connectivity index (χ3n) is 4.45. The van der Waals surface area contributed by atoms with Crippen molar-refractivity contribution in [3.63, 3.8) is 0 Å². The van der Waals surface area contributed by atoms with E-state index in [1.165, 1.54) is 30.4 Å². The van der Waals surface area contributed by atoms with Gasteiger partial charge in [0.05, 0.1) is 17.9 Å². The molecule has 4 nitrogen and oxygen atoms in total. The molecule has 0 bridgehead atoms. The molecule has 1 fully saturated rings. The van der Waals surface area contributed by atoms with Crippen LogP contribution in [0, 0.1) is 11.8 Å². The summed E-state index contributed by atoms with van der Waals surface area (Å²) in [5.74, 6) is 1.32. The topological polar surface area (TPSA) is 46.9 Å². The summed E-state index contributed by atoms with van der Waals surface area (Å²) in [6, 6.07) is 0.507. The maximum absolute atomic E-state index is 12.3. The number of hydrogen-bond acceptors (Lipinski definition) is 3. The van der Waals surface area contributed by atoms with Gasteiger partial charge >= 0.3 is 0 Å². The Kier molecular flexibility index (Phi) is 5.47. The largest absolute Gasteiger partial charge is 0.380 e. The Balaban J connectivity index is 2.23. The number of aromatic nitrogens is 2. The molecule has 5 heteroatoms. The third-order valence-corrected chi connectivity index (χ3v) is 5.22. The minimum Gasteiger partial charge on any atom is -0.380 e. The van der Waals surface area contributed by atoms with Crippen molar-refractivity contribution in [2.24, 2.45) is 11.8 Å². The van der Waals surface area contributed by atoms with Gasteiger partial charge in [-0.2, -0.15) is 5.10 Å². The monoisotopic (exact) mass is 355 g/mol. The average molecular weight is 356 g/mol. The third kappa shape index (κ3) is 3.68. The van der Waals surface area contributed by atoms with Gasteiger partial charge < -0.3 is 5.32 Å². The molecule has 0 aromatic carbocycles. The Bertz CT molecular complexity index is 539. The van der Waals surface area contributed by atoms with Crippen molar-refractivity contribution in [2.75, 3.05) is 5.32 Å². The van der Waals surface area contributed by atoms with E-state index in [2.05, 4.69) is 40.2 Å². The highest BCUT2D eigenvalue weighted by atomic mass is 79.9. The molecule has 0 saturated heterocycles. The van der Waals surface area contributed by atoms with E-state index in [9.17, 15) is 4.79 Å². The van der Waals surface area contributed by atoms with Gasteiger partial charge in [0.1, 0.15) is 4.47 Å². The summed E-state index contributed by atoms with van der Waals surface area (Å²) in [4.78, 5) is 12.3. The second-order valence-corrected chi connectivity index (χ2v) is 7.45. The molecule has 2 unspecified atom stereocenters. The van der Waals surface area contributed by atoms with E-state index < -0.39 is 0 Å². The van der Waals surface area contributed by atoms with Crippen LogP contribution in [0.1, 0.15) is 59.4 Å². The second-order valence-electron chi connectivity index (χ2n) is 6.66. The summed E-state index contributed by atoms with van der Waals surface area (Å²) in [5, 5.41) is 7.85. The van der Waals surface area contributed by atoms with Crippen LogP contribution in [-0.2, 0) is 0 Å². The molecule has 2 atom stereocenters. The fourth-order valence-electron chi connectivity index (χ4n) is 3.25. The molecule has 2 rings (SSSR count). The summed E-state index contributed by atoms with van der Waals surface area (Å²) in [6.07, 6.45) is 6.79. The van der Waals surface area contributed by atoms with E-state index in [1.807, 2.05) is 13.8 Å². The Morgan fingerprint density at radius 2 is 1.95 bits per heavy atom. The van der Waals surface area contributed by atoms with Gasteiger partial charge in [0, 0.05) is 6.04 Å². The number of nitrogens with zero attached hydrogens (tertiary/aromatic N) is 2. The summed E-state index contributed by atoms with van der Waals surface area (Å²) >= 11 is 3.45. The van der Waals surface area contributed by atoms with Crippen LogP contribution in [0.25, 0.3) is 0 Å². The quantitative estimate of drug-likeness (QED) is 0.879. The van der Waals surface area contributed by atoms with Gasteiger partial charge in [0.15, 0.2) is 0 Å². The van der Waals surface area contributed by atoms with Crippen molar-refractivity contribution in [3.8, 4) is 0 Å². The van der Waals surface area contributed by atoms with Crippen LogP contribution < -0.4 is 10.9 Å². The summed E-state index contributed by atoms with van der Waals surface area (Å²) in [7, 11) is 0. The predicted molar refractivity (Wildman–Crippen MR) is 90.8 cm³/mol. The Morgan fingerprint density at radius 3 is 2.57 bits per heavy atom. The number of rotatable bonds is 4. The average Bonchev–Trinajstić information content (AvgIpc) is 2.44. The van der Waals surface area contributed by atoms with Crippen LogP contribution in [-0.4, -0.2) is 15.8 Å².